The molecule has 2 N–H and O–H groups in total. The van der Waals surface area contributed by atoms with Gasteiger partial charge in [0.25, 0.3) is 5.91 Å². The molecule has 43 heavy (non-hydrogen) atoms. The summed E-state index contributed by atoms with van der Waals surface area (Å²) >= 11 is 11.0. The number of ether oxygens (including phenoxy) is 2. The van der Waals surface area contributed by atoms with Gasteiger partial charge in [-0.3, -0.25) is 9.69 Å². The highest BCUT2D eigenvalue weighted by Crippen LogP contribution is 2.29. The molecule has 2 heterocycles. The number of amides is 2. The Kier molecular flexibility index (Phi) is 9.75. The molecule has 10 nitrogen and oxygen atoms in total. The number of nitrogens with one attached hydrogen (secondary N) is 2. The molecule has 0 aliphatic carbocycles. The number of methoxy groups -OCH3 is 1. The number of aromatic nitrogens is 3. The van der Waals surface area contributed by atoms with E-state index in [0.717, 1.165) is 22.6 Å². The van der Waals surface area contributed by atoms with Crippen molar-refractivity contribution >= 4 is 40.9 Å². The number of alkyl halides is 2. The lowest BCUT2D eigenvalue weighted by molar-refractivity contribution is -0.119. The summed E-state index contributed by atoms with van der Waals surface area (Å²) < 4.78 is 27.4. The molecule has 13 heteroatoms. The molecule has 1 aliphatic heterocycles. The molecular formula is C30H29Cl2FN6O4. The van der Waals surface area contributed by atoms with Crippen LogP contribution in [0.2, 0.25) is 0 Å². The maximum Gasteiger partial charge on any atom is 0.414 e. The van der Waals surface area contributed by atoms with E-state index in [0.29, 0.717) is 36.4 Å². The van der Waals surface area contributed by atoms with Crippen molar-refractivity contribution in [2.24, 2.45) is 0 Å². The molecule has 224 valence electrons. The van der Waals surface area contributed by atoms with E-state index in [1.807, 2.05) is 54.7 Å². The highest BCUT2D eigenvalue weighted by molar-refractivity contribution is 6.53. The van der Waals surface area contributed by atoms with E-state index in [1.165, 1.54) is 11.0 Å². The number of rotatable bonds is 12. The van der Waals surface area contributed by atoms with Gasteiger partial charge in [-0.1, -0.05) is 64.8 Å². The first-order chi connectivity index (χ1) is 20.8. The van der Waals surface area contributed by atoms with Crippen molar-refractivity contribution in [1.29, 1.82) is 0 Å². The number of hydrogen-bond donors (Lipinski definition) is 2. The molecule has 3 aromatic carbocycles. The third kappa shape index (κ3) is 7.81. The number of benzene rings is 3. The Morgan fingerprint density at radius 2 is 1.84 bits per heavy atom. The van der Waals surface area contributed by atoms with Crippen LogP contribution in [0.4, 0.5) is 14.9 Å². The van der Waals surface area contributed by atoms with Crippen molar-refractivity contribution in [2.45, 2.75) is 30.6 Å². The first-order valence-electron chi connectivity index (χ1n) is 13.4. The first kappa shape index (κ1) is 30.3. The quantitative estimate of drug-likeness (QED) is 0.220. The van der Waals surface area contributed by atoms with E-state index in [1.54, 1.807) is 23.9 Å². The minimum atomic E-state index is -1.22. The van der Waals surface area contributed by atoms with E-state index >= 15 is 4.39 Å². The largest absolute Gasteiger partial charge is 0.497 e. The zero-order chi connectivity index (χ0) is 30.3. The summed E-state index contributed by atoms with van der Waals surface area (Å²) in [4.78, 5) is 24.0. The summed E-state index contributed by atoms with van der Waals surface area (Å²) in [5.41, 5.74) is 4.41. The average Bonchev–Trinajstić information content (AvgIpc) is 3.62. The number of cyclic esters (lactones) is 1. The van der Waals surface area contributed by atoms with Crippen LogP contribution >= 0.6 is 23.2 Å². The topological polar surface area (TPSA) is 111 Å². The molecular weight excluding hydrogens is 598 g/mol. The number of hydrogen-bond acceptors (Lipinski definition) is 7. The summed E-state index contributed by atoms with van der Waals surface area (Å²) in [5.74, 6) is -0.249. The summed E-state index contributed by atoms with van der Waals surface area (Å²) in [7, 11) is 1.64. The Morgan fingerprint density at radius 3 is 2.53 bits per heavy atom. The van der Waals surface area contributed by atoms with Crippen LogP contribution in [0.25, 0.3) is 11.1 Å². The van der Waals surface area contributed by atoms with E-state index in [-0.39, 0.29) is 13.1 Å². The Morgan fingerprint density at radius 1 is 1.09 bits per heavy atom. The lowest BCUT2D eigenvalue weighted by atomic mass is 10.0. The zero-order valence-electron chi connectivity index (χ0n) is 23.2. The Balaban J connectivity index is 1.12. The first-order valence-corrected chi connectivity index (χ1v) is 14.3. The van der Waals surface area contributed by atoms with E-state index in [9.17, 15) is 9.59 Å². The van der Waals surface area contributed by atoms with Crippen molar-refractivity contribution in [2.75, 3.05) is 25.1 Å². The molecule has 0 spiro atoms. The lowest BCUT2D eigenvalue weighted by Crippen LogP contribution is -2.37. The second kappa shape index (κ2) is 13.9. The molecule has 4 aromatic rings. The second-order valence-electron chi connectivity index (χ2n) is 9.88. The van der Waals surface area contributed by atoms with Crippen LogP contribution in [0.15, 0.2) is 72.9 Å². The Bertz CT molecular complexity index is 1570. The van der Waals surface area contributed by atoms with Gasteiger partial charge < -0.3 is 20.1 Å². The maximum atomic E-state index is 15.1. The van der Waals surface area contributed by atoms with Gasteiger partial charge in [-0.25, -0.2) is 13.9 Å². The van der Waals surface area contributed by atoms with Crippen LogP contribution in [0, 0.1) is 5.82 Å². The van der Waals surface area contributed by atoms with E-state index in [2.05, 4.69) is 20.9 Å². The van der Waals surface area contributed by atoms with Gasteiger partial charge in [0, 0.05) is 18.7 Å². The highest BCUT2D eigenvalue weighted by Gasteiger charge is 2.33. The SMILES string of the molecule is COc1ccc(Cn2cc(CNCc3ccc(-c4ccc(N5C[C@H](CNC(=O)C(Cl)Cl)OC5=O)cc4F)cc3)nn2)cc1. The number of halogens is 3. The molecule has 5 rings (SSSR count). The Labute approximate surface area is 257 Å². The smallest absolute Gasteiger partial charge is 0.414 e. The van der Waals surface area contributed by atoms with Crippen LogP contribution in [0.3, 0.4) is 0 Å². The number of anilines is 1. The van der Waals surface area contributed by atoms with Gasteiger partial charge >= 0.3 is 6.09 Å². The summed E-state index contributed by atoms with van der Waals surface area (Å²) in [6.07, 6.45) is 0.666. The molecule has 2 amide bonds. The normalized spacial score (nSPS) is 14.7. The molecule has 0 saturated carbocycles. The fourth-order valence-electron chi connectivity index (χ4n) is 4.59. The third-order valence-electron chi connectivity index (χ3n) is 6.83. The van der Waals surface area contributed by atoms with Crippen LogP contribution in [-0.2, 0) is 29.2 Å². The van der Waals surface area contributed by atoms with Crippen molar-refractivity contribution in [3.8, 4) is 16.9 Å². The van der Waals surface area contributed by atoms with Gasteiger partial charge in [-0.05, 0) is 47.0 Å². The van der Waals surface area contributed by atoms with Crippen molar-refractivity contribution in [3.05, 3.63) is 95.6 Å². The van der Waals surface area contributed by atoms with Gasteiger partial charge in [0.2, 0.25) is 0 Å². The summed E-state index contributed by atoms with van der Waals surface area (Å²) in [5, 5.41) is 14.3. The fraction of sp³-hybridized carbons (Fsp3) is 0.267. The average molecular weight is 628 g/mol. The second-order valence-corrected chi connectivity index (χ2v) is 11.0. The van der Waals surface area contributed by atoms with Crippen LogP contribution < -0.4 is 20.3 Å². The van der Waals surface area contributed by atoms with Crippen LogP contribution in [-0.4, -0.2) is 58.1 Å². The third-order valence-corrected chi connectivity index (χ3v) is 7.23. The Hall–Kier alpha value is -4.19. The van der Waals surface area contributed by atoms with Gasteiger partial charge in [-0.2, -0.15) is 0 Å². The fourth-order valence-corrected chi connectivity index (χ4v) is 4.74. The standard InChI is InChI=1S/C30H29Cl2FN6O4/c1-42-24-9-4-20(5-10-24)16-38-17-22(36-37-38)14-34-13-19-2-6-21(7-3-19)26-11-8-23(12-27(26)33)39-18-25(43-30(39)41)15-35-29(40)28(31)32/h2-12,17,25,28,34H,13-16,18H2,1H3,(H,35,40)/t25-/m0/s1. The number of carbonyl (C=O) groups excluding carboxylic acids is 2. The number of nitrogens with zero attached hydrogens (tertiary/aromatic N) is 4. The molecule has 1 fully saturated rings. The monoisotopic (exact) mass is 626 g/mol. The lowest BCUT2D eigenvalue weighted by Gasteiger charge is -2.15. The van der Waals surface area contributed by atoms with Gasteiger partial charge in [0.05, 0.1) is 44.3 Å². The predicted octanol–water partition coefficient (Wildman–Crippen LogP) is 4.68. The summed E-state index contributed by atoms with van der Waals surface area (Å²) in [6.45, 7) is 1.95. The van der Waals surface area contributed by atoms with Gasteiger partial charge in [0.1, 0.15) is 17.7 Å². The minimum absolute atomic E-state index is 0.0452. The molecule has 1 aromatic heterocycles. The molecule has 1 aliphatic rings. The van der Waals surface area contributed by atoms with Crippen molar-refractivity contribution in [3.63, 3.8) is 0 Å². The molecule has 1 saturated heterocycles. The van der Waals surface area contributed by atoms with E-state index < -0.39 is 28.8 Å². The van der Waals surface area contributed by atoms with Crippen LogP contribution in [0.1, 0.15) is 16.8 Å². The van der Waals surface area contributed by atoms with Gasteiger partial charge in [-0.15, -0.1) is 5.10 Å². The van der Waals surface area contributed by atoms with E-state index in [4.69, 9.17) is 32.7 Å². The molecule has 0 unspecified atom stereocenters. The van der Waals surface area contributed by atoms with Gasteiger partial charge in [0.15, 0.2) is 4.84 Å². The van der Waals surface area contributed by atoms with Crippen molar-refractivity contribution in [1.82, 2.24) is 25.6 Å². The minimum Gasteiger partial charge on any atom is -0.497 e. The molecule has 0 bridgehead atoms. The number of carbonyl (C=O) groups is 2. The molecule has 0 radical (unpaired) electrons. The van der Waals surface area contributed by atoms with Crippen molar-refractivity contribution < 1.29 is 23.5 Å². The highest BCUT2D eigenvalue weighted by atomic mass is 35.5. The van der Waals surface area contributed by atoms with Crippen LogP contribution in [0.5, 0.6) is 5.75 Å². The molecule has 1 atom stereocenters. The summed E-state index contributed by atoms with van der Waals surface area (Å²) in [6, 6.07) is 20.0. The predicted molar refractivity (Wildman–Crippen MR) is 161 cm³/mol. The zero-order valence-corrected chi connectivity index (χ0v) is 24.7. The maximum absolute atomic E-state index is 15.1.